The zero-order chi connectivity index (χ0) is 19.1. The maximum Gasteiger partial charge on any atom is 0.354 e. The summed E-state index contributed by atoms with van der Waals surface area (Å²) in [6, 6.07) is 13.7. The normalized spacial score (nSPS) is 11.0. The van der Waals surface area contributed by atoms with Gasteiger partial charge in [0.15, 0.2) is 0 Å². The Kier molecular flexibility index (Phi) is 6.55. The van der Waals surface area contributed by atoms with Crippen molar-refractivity contribution in [1.29, 1.82) is 0 Å². The lowest BCUT2D eigenvalue weighted by Gasteiger charge is -2.14. The number of benzene rings is 2. The first-order chi connectivity index (χ1) is 12.4. The molecule has 0 aromatic heterocycles. The van der Waals surface area contributed by atoms with Crippen LogP contribution in [0, 0.1) is 13.8 Å². The smallest absolute Gasteiger partial charge is 0.354 e. The van der Waals surface area contributed by atoms with Crippen LogP contribution < -0.4 is 10.1 Å². The van der Waals surface area contributed by atoms with Gasteiger partial charge in [0, 0.05) is 6.92 Å². The van der Waals surface area contributed by atoms with Crippen molar-refractivity contribution in [3.8, 4) is 5.75 Å². The lowest BCUT2D eigenvalue weighted by molar-refractivity contribution is -0.137. The fraction of sp³-hybridized carbons (Fsp3) is 0.238. The maximum atomic E-state index is 11.8. The standard InChI is InChI=1S/C21H23NO4/c1-14-10-18(12-19(21(24)25-4)22-16(3)23)11-15(2)20(14)26-13-17-8-6-5-7-9-17/h5-12H,13H2,1-4H3,(H,22,23)/b19-12+. The number of nitrogens with one attached hydrogen (secondary N) is 1. The van der Waals surface area contributed by atoms with Crippen LogP contribution in [-0.2, 0) is 20.9 Å². The third-order valence-electron chi connectivity index (χ3n) is 3.74. The summed E-state index contributed by atoms with van der Waals surface area (Å²) >= 11 is 0. The molecule has 1 amide bonds. The maximum absolute atomic E-state index is 11.8. The second-order valence-corrected chi connectivity index (χ2v) is 5.99. The average Bonchev–Trinajstić information content (AvgIpc) is 2.60. The zero-order valence-electron chi connectivity index (χ0n) is 15.5. The van der Waals surface area contributed by atoms with Crippen LogP contribution in [0.25, 0.3) is 6.08 Å². The fourth-order valence-corrected chi connectivity index (χ4v) is 2.64. The highest BCUT2D eigenvalue weighted by Crippen LogP contribution is 2.26. The van der Waals surface area contributed by atoms with Crippen molar-refractivity contribution in [1.82, 2.24) is 5.32 Å². The monoisotopic (exact) mass is 353 g/mol. The molecule has 5 nitrogen and oxygen atoms in total. The van der Waals surface area contributed by atoms with E-state index in [0.717, 1.165) is 28.0 Å². The van der Waals surface area contributed by atoms with Gasteiger partial charge in [-0.15, -0.1) is 0 Å². The largest absolute Gasteiger partial charge is 0.488 e. The molecule has 136 valence electrons. The Morgan fingerprint density at radius 3 is 2.23 bits per heavy atom. The minimum Gasteiger partial charge on any atom is -0.488 e. The molecular formula is C21H23NO4. The lowest BCUT2D eigenvalue weighted by Crippen LogP contribution is -2.25. The van der Waals surface area contributed by atoms with E-state index in [-0.39, 0.29) is 11.6 Å². The van der Waals surface area contributed by atoms with Crippen molar-refractivity contribution in [2.75, 3.05) is 7.11 Å². The third-order valence-corrected chi connectivity index (χ3v) is 3.74. The molecule has 2 aromatic carbocycles. The van der Waals surface area contributed by atoms with Crippen LogP contribution in [0.4, 0.5) is 0 Å². The molecule has 0 radical (unpaired) electrons. The number of ether oxygens (including phenoxy) is 2. The van der Waals surface area contributed by atoms with Gasteiger partial charge >= 0.3 is 5.97 Å². The Balaban J connectivity index is 2.25. The number of aryl methyl sites for hydroxylation is 2. The number of rotatable bonds is 6. The molecule has 2 rings (SSSR count). The Morgan fingerprint density at radius 2 is 1.69 bits per heavy atom. The molecule has 1 N–H and O–H groups in total. The molecule has 0 spiro atoms. The van der Waals surface area contributed by atoms with Crippen molar-refractivity contribution in [3.05, 3.63) is 70.4 Å². The summed E-state index contributed by atoms with van der Waals surface area (Å²) in [7, 11) is 1.27. The van der Waals surface area contributed by atoms with E-state index in [0.29, 0.717) is 6.61 Å². The van der Waals surface area contributed by atoms with Crippen molar-refractivity contribution in [2.45, 2.75) is 27.4 Å². The Morgan fingerprint density at radius 1 is 1.08 bits per heavy atom. The van der Waals surface area contributed by atoms with Gasteiger partial charge in [-0.1, -0.05) is 30.3 Å². The Hall–Kier alpha value is -3.08. The predicted molar refractivity (Wildman–Crippen MR) is 100 cm³/mol. The second-order valence-electron chi connectivity index (χ2n) is 5.99. The van der Waals surface area contributed by atoms with Crippen molar-refractivity contribution >= 4 is 18.0 Å². The summed E-state index contributed by atoms with van der Waals surface area (Å²) in [6.07, 6.45) is 1.59. The molecule has 0 saturated heterocycles. The molecule has 0 aliphatic carbocycles. The third kappa shape index (κ3) is 5.21. The van der Waals surface area contributed by atoms with Crippen LogP contribution in [0.3, 0.4) is 0 Å². The van der Waals surface area contributed by atoms with E-state index >= 15 is 0 Å². The first-order valence-electron chi connectivity index (χ1n) is 8.26. The van der Waals surface area contributed by atoms with Gasteiger partial charge in [-0.3, -0.25) is 4.79 Å². The molecule has 0 bridgehead atoms. The number of hydrogen-bond donors (Lipinski definition) is 1. The van der Waals surface area contributed by atoms with Crippen molar-refractivity contribution in [2.24, 2.45) is 0 Å². The molecular weight excluding hydrogens is 330 g/mol. The van der Waals surface area contributed by atoms with Crippen molar-refractivity contribution < 1.29 is 19.1 Å². The predicted octanol–water partition coefficient (Wildman–Crippen LogP) is 3.53. The summed E-state index contributed by atoms with van der Waals surface area (Å²) in [4.78, 5) is 23.1. The summed E-state index contributed by atoms with van der Waals surface area (Å²) < 4.78 is 10.7. The van der Waals surface area contributed by atoms with Gasteiger partial charge < -0.3 is 14.8 Å². The molecule has 0 heterocycles. The first kappa shape index (κ1) is 19.2. The Labute approximate surface area is 153 Å². The zero-order valence-corrected chi connectivity index (χ0v) is 15.5. The molecule has 0 saturated carbocycles. The average molecular weight is 353 g/mol. The van der Waals surface area contributed by atoms with Crippen LogP contribution >= 0.6 is 0 Å². The summed E-state index contributed by atoms with van der Waals surface area (Å²) in [6.45, 7) is 5.71. The van der Waals surface area contributed by atoms with E-state index in [1.54, 1.807) is 6.08 Å². The minimum atomic E-state index is -0.597. The highest BCUT2D eigenvalue weighted by atomic mass is 16.5. The van der Waals surface area contributed by atoms with Gasteiger partial charge in [-0.25, -0.2) is 4.79 Å². The lowest BCUT2D eigenvalue weighted by atomic mass is 10.0. The summed E-state index contributed by atoms with van der Waals surface area (Å²) in [5.41, 5.74) is 3.85. The van der Waals surface area contributed by atoms with Crippen LogP contribution in [0.2, 0.25) is 0 Å². The van der Waals surface area contributed by atoms with E-state index < -0.39 is 5.97 Å². The van der Waals surface area contributed by atoms with Gasteiger partial charge in [0.1, 0.15) is 18.1 Å². The molecule has 0 atom stereocenters. The van der Waals surface area contributed by atoms with E-state index in [4.69, 9.17) is 9.47 Å². The number of amides is 1. The van der Waals surface area contributed by atoms with Gasteiger partial charge in [-0.2, -0.15) is 0 Å². The fourth-order valence-electron chi connectivity index (χ4n) is 2.64. The first-order valence-corrected chi connectivity index (χ1v) is 8.26. The van der Waals surface area contributed by atoms with Gasteiger partial charge in [0.05, 0.1) is 7.11 Å². The number of esters is 1. The molecule has 0 aliphatic heterocycles. The SMILES string of the molecule is COC(=O)/C(=C\c1cc(C)c(OCc2ccccc2)c(C)c1)NC(C)=O. The highest BCUT2D eigenvalue weighted by Gasteiger charge is 2.13. The quantitative estimate of drug-likeness (QED) is 0.637. The van der Waals surface area contributed by atoms with E-state index in [9.17, 15) is 9.59 Å². The molecule has 0 fully saturated rings. The van der Waals surface area contributed by atoms with Crippen LogP contribution in [0.1, 0.15) is 29.2 Å². The Bertz CT molecular complexity index is 802. The van der Waals surface area contributed by atoms with Gasteiger partial charge in [0.25, 0.3) is 0 Å². The van der Waals surface area contributed by atoms with E-state index in [1.165, 1.54) is 14.0 Å². The van der Waals surface area contributed by atoms with Crippen LogP contribution in [-0.4, -0.2) is 19.0 Å². The van der Waals surface area contributed by atoms with Crippen LogP contribution in [0.15, 0.2) is 48.2 Å². The van der Waals surface area contributed by atoms with Crippen molar-refractivity contribution in [3.63, 3.8) is 0 Å². The highest BCUT2D eigenvalue weighted by molar-refractivity contribution is 5.97. The molecule has 5 heteroatoms. The number of hydrogen-bond acceptors (Lipinski definition) is 4. The number of carbonyl (C=O) groups excluding carboxylic acids is 2. The van der Waals surface area contributed by atoms with Crippen LogP contribution in [0.5, 0.6) is 5.75 Å². The second kappa shape index (κ2) is 8.85. The molecule has 0 aliphatic rings. The summed E-state index contributed by atoms with van der Waals surface area (Å²) in [5.74, 6) is -0.122. The van der Waals surface area contributed by atoms with E-state index in [1.807, 2.05) is 56.3 Å². The topological polar surface area (TPSA) is 64.6 Å². The van der Waals surface area contributed by atoms with Gasteiger partial charge in [-0.05, 0) is 54.3 Å². The number of carbonyl (C=O) groups is 2. The number of methoxy groups -OCH3 is 1. The summed E-state index contributed by atoms with van der Waals surface area (Å²) in [5, 5.41) is 2.50. The molecule has 2 aromatic rings. The minimum absolute atomic E-state index is 0.0942. The molecule has 0 unspecified atom stereocenters. The van der Waals surface area contributed by atoms with E-state index in [2.05, 4.69) is 5.32 Å². The molecule has 26 heavy (non-hydrogen) atoms. The van der Waals surface area contributed by atoms with Gasteiger partial charge in [0.2, 0.25) is 5.91 Å².